The highest BCUT2D eigenvalue weighted by Gasteiger charge is 2.28. The van der Waals surface area contributed by atoms with Crippen LogP contribution in [-0.4, -0.2) is 48.1 Å². The summed E-state index contributed by atoms with van der Waals surface area (Å²) in [5.74, 6) is 1.49. The fourth-order valence-electron chi connectivity index (χ4n) is 3.94. The number of nitrogens with zero attached hydrogens (tertiary/aromatic N) is 4. The molecule has 2 unspecified atom stereocenters. The molecule has 1 saturated heterocycles. The molecular weight excluding hydrogens is 310 g/mol. The van der Waals surface area contributed by atoms with E-state index < -0.39 is 0 Å². The molecule has 1 aromatic heterocycles. The minimum Gasteiger partial charge on any atom is -0.338 e. The van der Waals surface area contributed by atoms with Crippen LogP contribution in [0.25, 0.3) is 0 Å². The average molecular weight is 337 g/mol. The maximum atomic E-state index is 4.59. The third-order valence-corrected chi connectivity index (χ3v) is 5.50. The summed E-state index contributed by atoms with van der Waals surface area (Å²) in [6.45, 7) is 7.29. The van der Waals surface area contributed by atoms with Crippen LogP contribution in [0.4, 0.5) is 5.95 Å². The lowest BCUT2D eigenvalue weighted by Gasteiger charge is -2.32. The number of aromatic nitrogens is 2. The second-order valence-electron chi connectivity index (χ2n) is 7.42. The first-order valence-corrected chi connectivity index (χ1v) is 9.26. The Bertz CT molecular complexity index is 706. The third kappa shape index (κ3) is 3.53. The van der Waals surface area contributed by atoms with Crippen LogP contribution in [0.1, 0.15) is 29.7 Å². The highest BCUT2D eigenvalue weighted by atomic mass is 15.3. The van der Waals surface area contributed by atoms with Crippen molar-refractivity contribution in [3.05, 3.63) is 53.3 Å². The molecule has 0 amide bonds. The number of likely N-dealkylation sites (N-methyl/N-ethyl adjacent to an activating group) is 1. The van der Waals surface area contributed by atoms with Crippen LogP contribution in [0, 0.1) is 5.92 Å². The smallest absolute Gasteiger partial charge is 0.225 e. The summed E-state index contributed by atoms with van der Waals surface area (Å²) in [5.41, 5.74) is 4.08. The highest BCUT2D eigenvalue weighted by molar-refractivity contribution is 5.36. The molecule has 2 aromatic rings. The van der Waals surface area contributed by atoms with E-state index in [2.05, 4.69) is 63.3 Å². The fourth-order valence-corrected chi connectivity index (χ4v) is 3.94. The lowest BCUT2D eigenvalue weighted by Crippen LogP contribution is -2.45. The molecule has 1 aliphatic heterocycles. The zero-order chi connectivity index (χ0) is 17.2. The molecule has 0 bridgehead atoms. The van der Waals surface area contributed by atoms with Crippen molar-refractivity contribution in [2.45, 2.75) is 25.9 Å². The van der Waals surface area contributed by atoms with Crippen LogP contribution in [0.3, 0.4) is 0 Å². The SMILES string of the molecule is CC1Cc2ccccc2C1NCc1cnc(N2CCN(C)CC2)nc1. The molecule has 0 spiro atoms. The molecule has 2 atom stereocenters. The van der Waals surface area contributed by atoms with Crippen LogP contribution in [0.2, 0.25) is 0 Å². The van der Waals surface area contributed by atoms with Crippen LogP contribution in [-0.2, 0) is 13.0 Å². The third-order valence-electron chi connectivity index (χ3n) is 5.50. The van der Waals surface area contributed by atoms with Gasteiger partial charge in [0.05, 0.1) is 0 Å². The number of piperazine rings is 1. The standard InChI is InChI=1S/C20H27N5/c1-15-11-17-5-3-4-6-18(17)19(15)21-12-16-13-22-20(23-14-16)25-9-7-24(2)8-10-25/h3-6,13-15,19,21H,7-12H2,1-2H3. The van der Waals surface area contributed by atoms with Gasteiger partial charge in [-0.15, -0.1) is 0 Å². The zero-order valence-corrected chi connectivity index (χ0v) is 15.2. The molecule has 4 rings (SSSR count). The van der Waals surface area contributed by atoms with Gasteiger partial charge in [0, 0.05) is 56.7 Å². The molecule has 1 aromatic carbocycles. The minimum atomic E-state index is 0.425. The van der Waals surface area contributed by atoms with E-state index in [-0.39, 0.29) is 0 Å². The maximum absolute atomic E-state index is 4.59. The number of hydrogen-bond acceptors (Lipinski definition) is 5. The Kier molecular flexibility index (Phi) is 4.68. The van der Waals surface area contributed by atoms with E-state index in [1.54, 1.807) is 0 Å². The summed E-state index contributed by atoms with van der Waals surface area (Å²) < 4.78 is 0. The Morgan fingerprint density at radius 1 is 1.08 bits per heavy atom. The first kappa shape index (κ1) is 16.5. The van der Waals surface area contributed by atoms with Crippen molar-refractivity contribution in [3.8, 4) is 0 Å². The number of anilines is 1. The Morgan fingerprint density at radius 3 is 2.56 bits per heavy atom. The van der Waals surface area contributed by atoms with Crippen LogP contribution in [0.5, 0.6) is 0 Å². The molecule has 1 N–H and O–H groups in total. The monoisotopic (exact) mass is 337 g/mol. The molecular formula is C20H27N5. The Labute approximate surface area is 150 Å². The average Bonchev–Trinajstić information content (AvgIpc) is 2.96. The van der Waals surface area contributed by atoms with Gasteiger partial charge in [0.15, 0.2) is 0 Å². The van der Waals surface area contributed by atoms with Crippen molar-refractivity contribution in [1.82, 2.24) is 20.2 Å². The summed E-state index contributed by atoms with van der Waals surface area (Å²) in [6.07, 6.45) is 5.10. The number of nitrogens with one attached hydrogen (secondary N) is 1. The van der Waals surface area contributed by atoms with Gasteiger partial charge in [-0.3, -0.25) is 0 Å². The molecule has 1 fully saturated rings. The molecule has 1 aliphatic carbocycles. The van der Waals surface area contributed by atoms with Gasteiger partial charge >= 0.3 is 0 Å². The normalized spacial score (nSPS) is 23.7. The minimum absolute atomic E-state index is 0.425. The predicted octanol–water partition coefficient (Wildman–Crippen LogP) is 2.25. The molecule has 25 heavy (non-hydrogen) atoms. The molecule has 132 valence electrons. The second-order valence-corrected chi connectivity index (χ2v) is 7.42. The van der Waals surface area contributed by atoms with Crippen molar-refractivity contribution in [2.75, 3.05) is 38.1 Å². The van der Waals surface area contributed by atoms with Gasteiger partial charge in [-0.05, 0) is 30.5 Å². The molecule has 2 heterocycles. The Hall–Kier alpha value is -1.98. The Balaban J connectivity index is 1.37. The number of hydrogen-bond donors (Lipinski definition) is 1. The number of benzene rings is 1. The summed E-state index contributed by atoms with van der Waals surface area (Å²) in [4.78, 5) is 13.8. The molecule has 0 radical (unpaired) electrons. The first-order chi connectivity index (χ1) is 12.2. The van der Waals surface area contributed by atoms with Crippen LogP contribution in [0.15, 0.2) is 36.7 Å². The summed E-state index contributed by atoms with van der Waals surface area (Å²) in [6, 6.07) is 9.21. The lowest BCUT2D eigenvalue weighted by atomic mass is 10.0. The van der Waals surface area contributed by atoms with Gasteiger partial charge < -0.3 is 15.1 Å². The molecule has 5 heteroatoms. The van der Waals surface area contributed by atoms with E-state index in [4.69, 9.17) is 0 Å². The maximum Gasteiger partial charge on any atom is 0.225 e. The van der Waals surface area contributed by atoms with Crippen molar-refractivity contribution < 1.29 is 0 Å². The largest absolute Gasteiger partial charge is 0.338 e. The fraction of sp³-hybridized carbons (Fsp3) is 0.500. The van der Waals surface area contributed by atoms with E-state index in [0.29, 0.717) is 12.0 Å². The summed E-state index contributed by atoms with van der Waals surface area (Å²) >= 11 is 0. The van der Waals surface area contributed by atoms with Gasteiger partial charge in [-0.1, -0.05) is 31.2 Å². The van der Waals surface area contributed by atoms with Crippen molar-refractivity contribution in [1.29, 1.82) is 0 Å². The quantitative estimate of drug-likeness (QED) is 0.927. The van der Waals surface area contributed by atoms with Crippen LogP contribution < -0.4 is 10.2 Å². The van der Waals surface area contributed by atoms with E-state index in [9.17, 15) is 0 Å². The van der Waals surface area contributed by atoms with Crippen LogP contribution >= 0.6 is 0 Å². The molecule has 0 saturated carbocycles. The van der Waals surface area contributed by atoms with Gasteiger partial charge in [0.25, 0.3) is 0 Å². The highest BCUT2D eigenvalue weighted by Crippen LogP contribution is 2.35. The number of fused-ring (bicyclic) bond motifs is 1. The topological polar surface area (TPSA) is 44.3 Å². The van der Waals surface area contributed by atoms with Gasteiger partial charge in [-0.25, -0.2) is 9.97 Å². The van der Waals surface area contributed by atoms with E-state index in [1.165, 1.54) is 11.1 Å². The molecule has 2 aliphatic rings. The lowest BCUT2D eigenvalue weighted by molar-refractivity contribution is 0.311. The van der Waals surface area contributed by atoms with Gasteiger partial charge in [-0.2, -0.15) is 0 Å². The van der Waals surface area contributed by atoms with E-state index in [1.807, 2.05) is 12.4 Å². The zero-order valence-electron chi connectivity index (χ0n) is 15.2. The van der Waals surface area contributed by atoms with Crippen molar-refractivity contribution in [2.24, 2.45) is 5.92 Å². The molecule has 5 nitrogen and oxygen atoms in total. The van der Waals surface area contributed by atoms with Crippen molar-refractivity contribution >= 4 is 5.95 Å². The van der Waals surface area contributed by atoms with Crippen molar-refractivity contribution in [3.63, 3.8) is 0 Å². The Morgan fingerprint density at radius 2 is 1.80 bits per heavy atom. The number of rotatable bonds is 4. The first-order valence-electron chi connectivity index (χ1n) is 9.26. The predicted molar refractivity (Wildman–Crippen MR) is 101 cm³/mol. The summed E-state index contributed by atoms with van der Waals surface area (Å²) in [7, 11) is 2.16. The van der Waals surface area contributed by atoms with E-state index >= 15 is 0 Å². The second kappa shape index (κ2) is 7.10. The van der Waals surface area contributed by atoms with E-state index in [0.717, 1.165) is 50.7 Å². The van der Waals surface area contributed by atoms with Gasteiger partial charge in [0.1, 0.15) is 0 Å². The van der Waals surface area contributed by atoms with Gasteiger partial charge in [0.2, 0.25) is 5.95 Å². The summed E-state index contributed by atoms with van der Waals surface area (Å²) in [5, 5.41) is 3.71.